The summed E-state index contributed by atoms with van der Waals surface area (Å²) in [5.74, 6) is 5.45. The molecule has 1 aromatic heterocycles. The van der Waals surface area contributed by atoms with Gasteiger partial charge in [-0.25, -0.2) is 5.84 Å². The van der Waals surface area contributed by atoms with Crippen molar-refractivity contribution in [3.63, 3.8) is 0 Å². The molecule has 0 radical (unpaired) electrons. The first-order chi connectivity index (χ1) is 12.7. The Bertz CT molecular complexity index is 847. The average molecular weight is 354 g/mol. The van der Waals surface area contributed by atoms with Gasteiger partial charge in [-0.3, -0.25) is 15.1 Å². The maximum atomic E-state index is 12.4. The number of nitrogens with zero attached hydrogens (tertiary/aromatic N) is 1. The zero-order valence-corrected chi connectivity index (χ0v) is 14.8. The zero-order valence-electron chi connectivity index (χ0n) is 14.8. The molecule has 0 bridgehead atoms. The number of hydrazine groups is 1. The first-order valence-electron chi connectivity index (χ1n) is 9.69. The predicted molar refractivity (Wildman–Crippen MR) is 99.0 cm³/mol. The predicted octanol–water partition coefficient (Wildman–Crippen LogP) is 1.46. The fourth-order valence-electron chi connectivity index (χ4n) is 5.80. The van der Waals surface area contributed by atoms with Crippen molar-refractivity contribution in [1.29, 1.82) is 0 Å². The molecule has 2 aliphatic heterocycles. The zero-order chi connectivity index (χ0) is 17.8. The van der Waals surface area contributed by atoms with Gasteiger partial charge in [0.1, 0.15) is 0 Å². The number of fused-ring (bicyclic) bond motifs is 6. The van der Waals surface area contributed by atoms with Crippen LogP contribution in [-0.4, -0.2) is 40.1 Å². The molecule has 2 aromatic rings. The van der Waals surface area contributed by atoms with Crippen molar-refractivity contribution in [3.8, 4) is 0 Å². The molecule has 6 heteroatoms. The summed E-state index contributed by atoms with van der Waals surface area (Å²) >= 11 is 0. The minimum Gasteiger partial charge on any atom is -0.392 e. The highest BCUT2D eigenvalue weighted by atomic mass is 16.3. The summed E-state index contributed by atoms with van der Waals surface area (Å²) in [5, 5.41) is 11.8. The fourth-order valence-corrected chi connectivity index (χ4v) is 5.80. The van der Waals surface area contributed by atoms with Crippen LogP contribution in [0.15, 0.2) is 24.3 Å². The Morgan fingerprint density at radius 1 is 1.31 bits per heavy atom. The molecule has 3 aliphatic rings. The first-order valence-corrected chi connectivity index (χ1v) is 9.69. The van der Waals surface area contributed by atoms with Gasteiger partial charge in [0.05, 0.1) is 18.1 Å². The molecule has 6 nitrogen and oxygen atoms in total. The monoisotopic (exact) mass is 354 g/mol. The van der Waals surface area contributed by atoms with Crippen LogP contribution in [0, 0.1) is 17.8 Å². The van der Waals surface area contributed by atoms with Crippen molar-refractivity contribution in [2.45, 2.75) is 37.8 Å². The van der Waals surface area contributed by atoms with Crippen LogP contribution in [0.4, 0.5) is 0 Å². The van der Waals surface area contributed by atoms with E-state index in [1.54, 1.807) is 0 Å². The number of aliphatic hydroxyl groups is 1. The van der Waals surface area contributed by atoms with Crippen LogP contribution in [0.2, 0.25) is 0 Å². The van der Waals surface area contributed by atoms with Gasteiger partial charge in [-0.05, 0) is 49.1 Å². The highest BCUT2D eigenvalue weighted by Gasteiger charge is 2.48. The van der Waals surface area contributed by atoms with Gasteiger partial charge < -0.3 is 10.1 Å². The number of hydrogen-bond acceptors (Lipinski definition) is 4. The molecule has 1 saturated heterocycles. The summed E-state index contributed by atoms with van der Waals surface area (Å²) in [6.45, 7) is 2.07. The minimum atomic E-state index is -0.586. The van der Waals surface area contributed by atoms with E-state index in [1.165, 1.54) is 22.2 Å². The van der Waals surface area contributed by atoms with E-state index in [1.807, 2.05) is 0 Å². The molecular formula is C20H26N4O2. The Kier molecular flexibility index (Phi) is 3.81. The van der Waals surface area contributed by atoms with Gasteiger partial charge in [0, 0.05) is 29.7 Å². The lowest BCUT2D eigenvalue weighted by Crippen LogP contribution is -2.55. The number of amides is 1. The summed E-state index contributed by atoms with van der Waals surface area (Å²) in [6, 6.07) is 8.79. The third-order valence-corrected chi connectivity index (χ3v) is 6.99. The van der Waals surface area contributed by atoms with Gasteiger partial charge in [0.15, 0.2) is 0 Å². The highest BCUT2D eigenvalue weighted by Crippen LogP contribution is 2.49. The summed E-state index contributed by atoms with van der Waals surface area (Å²) < 4.78 is 0. The second-order valence-corrected chi connectivity index (χ2v) is 8.16. The number of hydrogen-bond donors (Lipinski definition) is 4. The maximum Gasteiger partial charge on any atom is 0.239 e. The van der Waals surface area contributed by atoms with E-state index in [0.29, 0.717) is 18.4 Å². The topological polar surface area (TPSA) is 94.4 Å². The Morgan fingerprint density at radius 2 is 2.15 bits per heavy atom. The number of H-pyrrole nitrogens is 1. The van der Waals surface area contributed by atoms with Crippen molar-refractivity contribution in [2.75, 3.05) is 13.1 Å². The Balaban J connectivity index is 1.52. The van der Waals surface area contributed by atoms with Crippen LogP contribution in [0.1, 0.15) is 36.6 Å². The smallest absolute Gasteiger partial charge is 0.239 e. The SMILES string of the molecule is NNC(=O)C1[C@H](O)CC[C@@H]2CN3CCc4c([nH]c5ccccc45)[C@H]3C[C@@H]12. The largest absolute Gasteiger partial charge is 0.392 e. The van der Waals surface area contributed by atoms with E-state index in [2.05, 4.69) is 39.6 Å². The van der Waals surface area contributed by atoms with Crippen molar-refractivity contribution in [2.24, 2.45) is 23.6 Å². The van der Waals surface area contributed by atoms with Gasteiger partial charge in [-0.1, -0.05) is 18.2 Å². The summed E-state index contributed by atoms with van der Waals surface area (Å²) in [7, 11) is 0. The van der Waals surface area contributed by atoms with Gasteiger partial charge in [-0.15, -0.1) is 0 Å². The van der Waals surface area contributed by atoms with Gasteiger partial charge in [0.25, 0.3) is 0 Å². The maximum absolute atomic E-state index is 12.4. The van der Waals surface area contributed by atoms with Crippen LogP contribution >= 0.6 is 0 Å². The van der Waals surface area contributed by atoms with Gasteiger partial charge >= 0.3 is 0 Å². The minimum absolute atomic E-state index is 0.181. The molecule has 1 aliphatic carbocycles. The third kappa shape index (κ3) is 2.32. The van der Waals surface area contributed by atoms with E-state index < -0.39 is 12.0 Å². The van der Waals surface area contributed by atoms with Crippen LogP contribution in [0.25, 0.3) is 10.9 Å². The van der Waals surface area contributed by atoms with Gasteiger partial charge in [0.2, 0.25) is 5.91 Å². The molecule has 26 heavy (non-hydrogen) atoms. The summed E-state index contributed by atoms with van der Waals surface area (Å²) in [5.41, 5.74) is 6.22. The van der Waals surface area contributed by atoms with E-state index >= 15 is 0 Å². The van der Waals surface area contributed by atoms with Crippen molar-refractivity contribution < 1.29 is 9.90 Å². The number of carbonyl (C=O) groups excluding carboxylic acids is 1. The molecule has 1 saturated carbocycles. The lowest BCUT2D eigenvalue weighted by Gasteiger charge is -2.51. The molecule has 2 fully saturated rings. The van der Waals surface area contributed by atoms with Crippen molar-refractivity contribution in [1.82, 2.24) is 15.3 Å². The number of para-hydroxylation sites is 1. The van der Waals surface area contributed by atoms with Crippen molar-refractivity contribution >= 4 is 16.8 Å². The number of piperidine rings is 1. The van der Waals surface area contributed by atoms with Crippen LogP contribution < -0.4 is 11.3 Å². The van der Waals surface area contributed by atoms with E-state index in [9.17, 15) is 9.90 Å². The number of benzene rings is 1. The normalized spacial score (nSPS) is 34.0. The lowest BCUT2D eigenvalue weighted by atomic mass is 9.64. The number of rotatable bonds is 1. The average Bonchev–Trinajstić information content (AvgIpc) is 3.05. The fraction of sp³-hybridized carbons (Fsp3) is 0.550. The van der Waals surface area contributed by atoms with Crippen LogP contribution in [-0.2, 0) is 11.2 Å². The third-order valence-electron chi connectivity index (χ3n) is 6.99. The van der Waals surface area contributed by atoms with E-state index in [-0.39, 0.29) is 11.8 Å². The molecule has 5 rings (SSSR count). The van der Waals surface area contributed by atoms with Crippen molar-refractivity contribution in [3.05, 3.63) is 35.5 Å². The van der Waals surface area contributed by atoms with Crippen LogP contribution in [0.3, 0.4) is 0 Å². The number of aromatic nitrogens is 1. The van der Waals surface area contributed by atoms with E-state index in [0.717, 1.165) is 32.4 Å². The molecule has 1 aromatic carbocycles. The van der Waals surface area contributed by atoms with Crippen LogP contribution in [0.5, 0.6) is 0 Å². The van der Waals surface area contributed by atoms with Gasteiger partial charge in [-0.2, -0.15) is 0 Å². The summed E-state index contributed by atoms with van der Waals surface area (Å²) in [4.78, 5) is 18.6. The highest BCUT2D eigenvalue weighted by molar-refractivity contribution is 5.85. The van der Waals surface area contributed by atoms with E-state index in [4.69, 9.17) is 5.84 Å². The molecule has 5 N–H and O–H groups in total. The number of aromatic amines is 1. The quantitative estimate of drug-likeness (QED) is 0.354. The number of aliphatic hydroxyl groups excluding tert-OH is 1. The second kappa shape index (κ2) is 6.08. The molecular weight excluding hydrogens is 328 g/mol. The molecule has 5 atom stereocenters. The lowest BCUT2D eigenvalue weighted by molar-refractivity contribution is -0.139. The first kappa shape index (κ1) is 16.3. The second-order valence-electron chi connectivity index (χ2n) is 8.16. The Hall–Kier alpha value is -1.89. The Labute approximate surface area is 152 Å². The molecule has 0 spiro atoms. The molecule has 1 unspecified atom stereocenters. The molecule has 138 valence electrons. The Morgan fingerprint density at radius 3 is 3.00 bits per heavy atom. The summed E-state index contributed by atoms with van der Waals surface area (Å²) in [6.07, 6.45) is 3.07. The molecule has 3 heterocycles. The number of nitrogens with one attached hydrogen (secondary N) is 2. The number of carbonyl (C=O) groups is 1. The standard InChI is InChI=1S/C20H26N4O2/c21-23-20(26)18-14-9-16-19-13(12-3-1-2-4-15(12)22-19)7-8-24(16)10-11(14)5-6-17(18)25/h1-4,11,14,16-18,22,25H,5-10,21H2,(H,23,26)/t11-,14-,16-,17-,18?/m1/s1. The number of nitrogens with two attached hydrogens (primary N) is 1. The molecule has 1 amide bonds.